The van der Waals surface area contributed by atoms with Gasteiger partial charge in [-0.15, -0.1) is 0 Å². The molecule has 0 bridgehead atoms. The Balaban J connectivity index is 2.15. The van der Waals surface area contributed by atoms with E-state index in [4.69, 9.17) is 0 Å². The molecule has 0 atom stereocenters. The van der Waals surface area contributed by atoms with Crippen molar-refractivity contribution in [1.82, 2.24) is 9.78 Å². The molecule has 1 aromatic heterocycles. The summed E-state index contributed by atoms with van der Waals surface area (Å²) < 4.78 is 1.21. The topological polar surface area (TPSA) is 98.3 Å². The highest BCUT2D eigenvalue weighted by atomic mass is 16.6. The number of hydrogen-bond acceptors (Lipinski definition) is 4. The molecule has 2 aromatic carbocycles. The molecule has 25 heavy (non-hydrogen) atoms. The SMILES string of the molecule is Cc1ccc(-c2cc(C(=O)O)n(-c3cccc([N+](=O)[O-])c3)n2)cc1C. The van der Waals surface area contributed by atoms with Gasteiger partial charge in [-0.3, -0.25) is 10.1 Å². The third-order valence-corrected chi connectivity index (χ3v) is 4.02. The second-order valence-electron chi connectivity index (χ2n) is 5.71. The van der Waals surface area contributed by atoms with Gasteiger partial charge in [0.2, 0.25) is 0 Å². The number of nitro benzene ring substituents is 1. The summed E-state index contributed by atoms with van der Waals surface area (Å²) in [5.74, 6) is -1.16. The lowest BCUT2D eigenvalue weighted by atomic mass is 10.0. The van der Waals surface area contributed by atoms with Crippen molar-refractivity contribution in [3.63, 3.8) is 0 Å². The molecule has 1 heterocycles. The van der Waals surface area contributed by atoms with Gasteiger partial charge < -0.3 is 5.11 Å². The van der Waals surface area contributed by atoms with Crippen molar-refractivity contribution in [1.29, 1.82) is 0 Å². The van der Waals surface area contributed by atoms with E-state index in [1.54, 1.807) is 6.07 Å². The van der Waals surface area contributed by atoms with Crippen LogP contribution in [0.3, 0.4) is 0 Å². The van der Waals surface area contributed by atoms with E-state index in [1.807, 2.05) is 32.0 Å². The zero-order valence-electron chi connectivity index (χ0n) is 13.6. The minimum absolute atomic E-state index is 0.0614. The largest absolute Gasteiger partial charge is 0.477 e. The van der Waals surface area contributed by atoms with Crippen LogP contribution in [0.2, 0.25) is 0 Å². The van der Waals surface area contributed by atoms with E-state index in [1.165, 1.54) is 28.9 Å². The van der Waals surface area contributed by atoms with Crippen molar-refractivity contribution in [3.05, 3.63) is 75.5 Å². The standard InChI is InChI=1S/C18H15N3O4/c1-11-6-7-13(8-12(11)2)16-10-17(18(22)23)20(19-16)14-4-3-5-15(9-14)21(24)25/h3-10H,1-2H3,(H,22,23). The monoisotopic (exact) mass is 337 g/mol. The maximum atomic E-state index is 11.6. The van der Waals surface area contributed by atoms with Gasteiger partial charge in [-0.2, -0.15) is 5.10 Å². The summed E-state index contributed by atoms with van der Waals surface area (Å²) in [6.07, 6.45) is 0. The number of non-ortho nitro benzene ring substituents is 1. The van der Waals surface area contributed by atoms with Crippen molar-refractivity contribution in [2.45, 2.75) is 13.8 Å². The summed E-state index contributed by atoms with van der Waals surface area (Å²) in [7, 11) is 0. The van der Waals surface area contributed by atoms with E-state index in [0.29, 0.717) is 11.4 Å². The lowest BCUT2D eigenvalue weighted by molar-refractivity contribution is -0.384. The average Bonchev–Trinajstić information content (AvgIpc) is 3.03. The summed E-state index contributed by atoms with van der Waals surface area (Å²) >= 11 is 0. The molecule has 126 valence electrons. The van der Waals surface area contributed by atoms with Crippen LogP contribution in [0.25, 0.3) is 16.9 Å². The Hall–Kier alpha value is -3.48. The second-order valence-corrected chi connectivity index (χ2v) is 5.71. The minimum Gasteiger partial charge on any atom is -0.477 e. The molecular formula is C18H15N3O4. The molecule has 0 saturated heterocycles. The first-order chi connectivity index (χ1) is 11.9. The molecule has 0 amide bonds. The Labute approximate surface area is 143 Å². The van der Waals surface area contributed by atoms with Gasteiger partial charge in [0.1, 0.15) is 0 Å². The van der Waals surface area contributed by atoms with E-state index < -0.39 is 10.9 Å². The van der Waals surface area contributed by atoms with Crippen molar-refractivity contribution in [2.24, 2.45) is 0 Å². The number of aryl methyl sites for hydroxylation is 2. The van der Waals surface area contributed by atoms with Gasteiger partial charge in [0.25, 0.3) is 5.69 Å². The van der Waals surface area contributed by atoms with Crippen molar-refractivity contribution >= 4 is 11.7 Å². The van der Waals surface area contributed by atoms with Crippen LogP contribution in [-0.4, -0.2) is 25.8 Å². The lowest BCUT2D eigenvalue weighted by Crippen LogP contribution is -2.08. The van der Waals surface area contributed by atoms with E-state index in [2.05, 4.69) is 5.10 Å². The molecule has 0 unspecified atom stereocenters. The third kappa shape index (κ3) is 3.12. The summed E-state index contributed by atoms with van der Waals surface area (Å²) in [6.45, 7) is 3.96. The van der Waals surface area contributed by atoms with Crippen molar-refractivity contribution in [2.75, 3.05) is 0 Å². The van der Waals surface area contributed by atoms with Crippen LogP contribution in [0.5, 0.6) is 0 Å². The Morgan fingerprint density at radius 2 is 1.88 bits per heavy atom. The van der Waals surface area contributed by atoms with E-state index in [9.17, 15) is 20.0 Å². The van der Waals surface area contributed by atoms with Crippen LogP contribution in [-0.2, 0) is 0 Å². The molecule has 0 radical (unpaired) electrons. The fourth-order valence-corrected chi connectivity index (χ4v) is 2.51. The number of nitro groups is 1. The van der Waals surface area contributed by atoms with E-state index >= 15 is 0 Å². The highest BCUT2D eigenvalue weighted by Gasteiger charge is 2.18. The highest BCUT2D eigenvalue weighted by molar-refractivity contribution is 5.88. The molecular weight excluding hydrogens is 322 g/mol. The molecule has 1 N–H and O–H groups in total. The number of benzene rings is 2. The molecule has 0 aliphatic rings. The van der Waals surface area contributed by atoms with Crippen LogP contribution in [0, 0.1) is 24.0 Å². The molecule has 0 fully saturated rings. The van der Waals surface area contributed by atoms with E-state index in [0.717, 1.165) is 16.7 Å². The average molecular weight is 337 g/mol. The van der Waals surface area contributed by atoms with Gasteiger partial charge in [0.05, 0.1) is 16.3 Å². The molecule has 0 aliphatic carbocycles. The Morgan fingerprint density at radius 1 is 1.12 bits per heavy atom. The zero-order valence-corrected chi connectivity index (χ0v) is 13.6. The highest BCUT2D eigenvalue weighted by Crippen LogP contribution is 2.25. The number of carboxylic acid groups (broad SMARTS) is 1. The van der Waals surface area contributed by atoms with Gasteiger partial charge in [-0.05, 0) is 43.2 Å². The smallest absolute Gasteiger partial charge is 0.354 e. The molecule has 0 aliphatic heterocycles. The minimum atomic E-state index is -1.16. The number of rotatable bonds is 4. The fourth-order valence-electron chi connectivity index (χ4n) is 2.51. The van der Waals surface area contributed by atoms with E-state index in [-0.39, 0.29) is 11.4 Å². The first-order valence-corrected chi connectivity index (χ1v) is 7.52. The first kappa shape index (κ1) is 16.4. The van der Waals surface area contributed by atoms with Crippen molar-refractivity contribution in [3.8, 4) is 16.9 Å². The number of hydrogen-bond donors (Lipinski definition) is 1. The van der Waals surface area contributed by atoms with Crippen LogP contribution in [0.1, 0.15) is 21.6 Å². The fraction of sp³-hybridized carbons (Fsp3) is 0.111. The van der Waals surface area contributed by atoms with Gasteiger partial charge >= 0.3 is 5.97 Å². The Bertz CT molecular complexity index is 992. The Morgan fingerprint density at radius 3 is 2.52 bits per heavy atom. The first-order valence-electron chi connectivity index (χ1n) is 7.52. The summed E-state index contributed by atoms with van der Waals surface area (Å²) in [4.78, 5) is 22.0. The number of carbonyl (C=O) groups is 1. The van der Waals surface area contributed by atoms with Crippen molar-refractivity contribution < 1.29 is 14.8 Å². The zero-order chi connectivity index (χ0) is 18.1. The quantitative estimate of drug-likeness (QED) is 0.577. The van der Waals surface area contributed by atoms with Gasteiger partial charge in [-0.1, -0.05) is 18.2 Å². The second kappa shape index (κ2) is 6.20. The predicted octanol–water partition coefficient (Wildman–Crippen LogP) is 3.76. The third-order valence-electron chi connectivity index (χ3n) is 4.02. The number of carboxylic acids is 1. The molecule has 7 heteroatoms. The summed E-state index contributed by atoms with van der Waals surface area (Å²) in [5.41, 5.74) is 3.61. The summed E-state index contributed by atoms with van der Waals surface area (Å²) in [5, 5.41) is 24.8. The molecule has 0 spiro atoms. The molecule has 3 aromatic rings. The van der Waals surface area contributed by atoms with Gasteiger partial charge in [-0.25, -0.2) is 9.48 Å². The van der Waals surface area contributed by atoms with Crippen LogP contribution in [0.15, 0.2) is 48.5 Å². The molecule has 0 saturated carbocycles. The maximum Gasteiger partial charge on any atom is 0.354 e. The molecule has 7 nitrogen and oxygen atoms in total. The number of nitrogens with zero attached hydrogens (tertiary/aromatic N) is 3. The van der Waals surface area contributed by atoms with Crippen LogP contribution < -0.4 is 0 Å². The van der Waals surface area contributed by atoms with Gasteiger partial charge in [0.15, 0.2) is 5.69 Å². The Kier molecular flexibility index (Phi) is 4.06. The maximum absolute atomic E-state index is 11.6. The van der Waals surface area contributed by atoms with Gasteiger partial charge in [0, 0.05) is 17.7 Å². The summed E-state index contributed by atoms with van der Waals surface area (Å²) in [6, 6.07) is 12.9. The van der Waals surface area contributed by atoms with Crippen LogP contribution in [0.4, 0.5) is 5.69 Å². The number of aromatic nitrogens is 2. The molecule has 3 rings (SSSR count). The number of aromatic carboxylic acids is 1. The lowest BCUT2D eigenvalue weighted by Gasteiger charge is -2.04. The normalized spacial score (nSPS) is 10.6. The van der Waals surface area contributed by atoms with Crippen LogP contribution >= 0.6 is 0 Å². The predicted molar refractivity (Wildman–Crippen MR) is 92.1 cm³/mol.